The molecule has 1 N–H and O–H groups in total. The summed E-state index contributed by atoms with van der Waals surface area (Å²) < 4.78 is 0. The highest BCUT2D eigenvalue weighted by Crippen LogP contribution is 2.21. The molecular weight excluding hydrogens is 270 g/mol. The average Bonchev–Trinajstić information content (AvgIpc) is 2.49. The van der Waals surface area contributed by atoms with Crippen LogP contribution in [-0.4, -0.2) is 11.2 Å². The summed E-state index contributed by atoms with van der Waals surface area (Å²) >= 11 is 6.07. The van der Waals surface area contributed by atoms with Crippen LogP contribution in [0.1, 0.15) is 5.56 Å². The van der Waals surface area contributed by atoms with Gasteiger partial charge in [-0.25, -0.2) is 0 Å². The van der Waals surface area contributed by atoms with Crippen LogP contribution in [-0.2, 0) is 0 Å². The number of nitrogens with zero attached hydrogens (tertiary/aromatic N) is 2. The Balaban J connectivity index is 1.86. The quantitative estimate of drug-likeness (QED) is 0.573. The number of rotatable bonds is 3. The predicted molar refractivity (Wildman–Crippen MR) is 84.4 cm³/mol. The summed E-state index contributed by atoms with van der Waals surface area (Å²) in [6, 6.07) is 17.4. The molecule has 0 aliphatic rings. The van der Waals surface area contributed by atoms with Gasteiger partial charge >= 0.3 is 0 Å². The molecule has 1 heterocycles. The van der Waals surface area contributed by atoms with Crippen molar-refractivity contribution in [2.24, 2.45) is 5.10 Å². The Kier molecular flexibility index (Phi) is 3.61. The zero-order valence-electron chi connectivity index (χ0n) is 10.6. The summed E-state index contributed by atoms with van der Waals surface area (Å²) in [5, 5.41) is 5.95. The molecule has 2 aromatic carbocycles. The van der Waals surface area contributed by atoms with E-state index in [0.29, 0.717) is 5.02 Å². The van der Waals surface area contributed by atoms with Crippen molar-refractivity contribution in [2.75, 3.05) is 5.43 Å². The maximum atomic E-state index is 6.07. The maximum Gasteiger partial charge on any atom is 0.0723 e. The first kappa shape index (κ1) is 12.6. The van der Waals surface area contributed by atoms with Crippen LogP contribution in [0.5, 0.6) is 0 Å². The molecule has 1 aromatic heterocycles. The van der Waals surface area contributed by atoms with E-state index in [9.17, 15) is 0 Å². The number of hydrogen-bond donors (Lipinski definition) is 1. The molecule has 0 radical (unpaired) electrons. The van der Waals surface area contributed by atoms with E-state index in [-0.39, 0.29) is 0 Å². The molecule has 0 aliphatic carbocycles. The molecule has 0 saturated heterocycles. The van der Waals surface area contributed by atoms with E-state index in [1.807, 2.05) is 54.6 Å². The van der Waals surface area contributed by atoms with E-state index in [4.69, 9.17) is 11.6 Å². The SMILES string of the molecule is Clc1ccccc1/C=N/Nc1ccnc2ccccc12. The first-order chi connectivity index (χ1) is 9.84. The van der Waals surface area contributed by atoms with Gasteiger partial charge in [0.1, 0.15) is 0 Å². The predicted octanol–water partition coefficient (Wildman–Crippen LogP) is 4.33. The highest BCUT2D eigenvalue weighted by molar-refractivity contribution is 6.33. The second kappa shape index (κ2) is 5.72. The van der Waals surface area contributed by atoms with Crippen LogP contribution < -0.4 is 5.43 Å². The smallest absolute Gasteiger partial charge is 0.0723 e. The van der Waals surface area contributed by atoms with Crippen LogP contribution in [0, 0.1) is 0 Å². The van der Waals surface area contributed by atoms with Crippen molar-refractivity contribution in [2.45, 2.75) is 0 Å². The van der Waals surface area contributed by atoms with Crippen molar-refractivity contribution in [3.05, 3.63) is 71.4 Å². The number of benzene rings is 2. The van der Waals surface area contributed by atoms with Gasteiger partial charge in [-0.3, -0.25) is 10.4 Å². The van der Waals surface area contributed by atoms with Gasteiger partial charge in [0.05, 0.1) is 17.4 Å². The molecule has 0 saturated carbocycles. The highest BCUT2D eigenvalue weighted by atomic mass is 35.5. The molecule has 0 aliphatic heterocycles. The Morgan fingerprint density at radius 2 is 1.80 bits per heavy atom. The third-order valence-electron chi connectivity index (χ3n) is 2.94. The van der Waals surface area contributed by atoms with Crippen LogP contribution in [0.4, 0.5) is 5.69 Å². The van der Waals surface area contributed by atoms with Gasteiger partial charge in [-0.1, -0.05) is 48.0 Å². The van der Waals surface area contributed by atoms with Crippen molar-refractivity contribution in [1.29, 1.82) is 0 Å². The molecular formula is C16H12ClN3. The van der Waals surface area contributed by atoms with Gasteiger partial charge in [-0.2, -0.15) is 5.10 Å². The van der Waals surface area contributed by atoms with E-state index < -0.39 is 0 Å². The fraction of sp³-hybridized carbons (Fsp3) is 0. The third kappa shape index (κ3) is 2.63. The molecule has 0 spiro atoms. The Hall–Kier alpha value is -2.39. The van der Waals surface area contributed by atoms with E-state index in [2.05, 4.69) is 15.5 Å². The van der Waals surface area contributed by atoms with E-state index in [1.165, 1.54) is 0 Å². The van der Waals surface area contributed by atoms with Crippen molar-refractivity contribution < 1.29 is 0 Å². The molecule has 3 aromatic rings. The molecule has 3 nitrogen and oxygen atoms in total. The van der Waals surface area contributed by atoms with Gasteiger partial charge in [0.25, 0.3) is 0 Å². The lowest BCUT2D eigenvalue weighted by Crippen LogP contribution is -1.93. The van der Waals surface area contributed by atoms with E-state index in [1.54, 1.807) is 12.4 Å². The fourth-order valence-corrected chi connectivity index (χ4v) is 2.13. The lowest BCUT2D eigenvalue weighted by Gasteiger charge is -2.04. The van der Waals surface area contributed by atoms with Crippen molar-refractivity contribution in [1.82, 2.24) is 4.98 Å². The van der Waals surface area contributed by atoms with Crippen LogP contribution >= 0.6 is 11.6 Å². The Labute approximate surface area is 121 Å². The minimum absolute atomic E-state index is 0.678. The lowest BCUT2D eigenvalue weighted by molar-refractivity contribution is 1.33. The van der Waals surface area contributed by atoms with Gasteiger partial charge in [-0.05, 0) is 18.2 Å². The number of halogens is 1. The van der Waals surface area contributed by atoms with Crippen LogP contribution in [0.25, 0.3) is 10.9 Å². The van der Waals surface area contributed by atoms with Gasteiger partial charge in [0, 0.05) is 22.2 Å². The molecule has 3 rings (SSSR count). The van der Waals surface area contributed by atoms with Gasteiger partial charge in [0.15, 0.2) is 0 Å². The number of anilines is 1. The summed E-state index contributed by atoms with van der Waals surface area (Å²) in [6.45, 7) is 0. The maximum absolute atomic E-state index is 6.07. The van der Waals surface area contributed by atoms with Gasteiger partial charge in [-0.15, -0.1) is 0 Å². The van der Waals surface area contributed by atoms with Crippen molar-refractivity contribution >= 4 is 34.4 Å². The zero-order chi connectivity index (χ0) is 13.8. The van der Waals surface area contributed by atoms with E-state index >= 15 is 0 Å². The fourth-order valence-electron chi connectivity index (χ4n) is 1.94. The zero-order valence-corrected chi connectivity index (χ0v) is 11.4. The second-order valence-corrected chi connectivity index (χ2v) is 4.67. The number of nitrogens with one attached hydrogen (secondary N) is 1. The molecule has 98 valence electrons. The summed E-state index contributed by atoms with van der Waals surface area (Å²) in [4.78, 5) is 4.31. The Bertz CT molecular complexity index is 763. The Morgan fingerprint density at radius 1 is 1.00 bits per heavy atom. The second-order valence-electron chi connectivity index (χ2n) is 4.27. The summed E-state index contributed by atoms with van der Waals surface area (Å²) in [7, 11) is 0. The van der Waals surface area contributed by atoms with Crippen LogP contribution in [0.15, 0.2) is 65.9 Å². The molecule has 0 fully saturated rings. The largest absolute Gasteiger partial charge is 0.278 e. The first-order valence-corrected chi connectivity index (χ1v) is 6.60. The topological polar surface area (TPSA) is 37.3 Å². The number of fused-ring (bicyclic) bond motifs is 1. The van der Waals surface area contributed by atoms with Crippen molar-refractivity contribution in [3.8, 4) is 0 Å². The third-order valence-corrected chi connectivity index (χ3v) is 3.29. The van der Waals surface area contributed by atoms with Crippen LogP contribution in [0.3, 0.4) is 0 Å². The molecule has 0 unspecified atom stereocenters. The first-order valence-electron chi connectivity index (χ1n) is 6.22. The highest BCUT2D eigenvalue weighted by Gasteiger charge is 1.99. The van der Waals surface area contributed by atoms with E-state index in [0.717, 1.165) is 22.2 Å². The van der Waals surface area contributed by atoms with Gasteiger partial charge in [0.2, 0.25) is 0 Å². The minimum Gasteiger partial charge on any atom is -0.278 e. The normalized spacial score (nSPS) is 11.1. The monoisotopic (exact) mass is 281 g/mol. The number of hydrazone groups is 1. The van der Waals surface area contributed by atoms with Gasteiger partial charge < -0.3 is 0 Å². The molecule has 20 heavy (non-hydrogen) atoms. The summed E-state index contributed by atoms with van der Waals surface area (Å²) in [5.74, 6) is 0. The standard InChI is InChI=1S/C16H12ClN3/c17-14-7-3-1-5-12(14)11-19-20-16-9-10-18-15-8-4-2-6-13(15)16/h1-11H,(H,18,20)/b19-11+. The number of hydrogen-bond acceptors (Lipinski definition) is 3. The lowest BCUT2D eigenvalue weighted by atomic mass is 10.2. The molecule has 4 heteroatoms. The number of pyridine rings is 1. The molecule has 0 atom stereocenters. The summed E-state index contributed by atoms with van der Waals surface area (Å²) in [5.41, 5.74) is 5.76. The average molecular weight is 282 g/mol. The minimum atomic E-state index is 0.678. The molecule has 0 bridgehead atoms. The molecule has 0 amide bonds. The summed E-state index contributed by atoms with van der Waals surface area (Å²) in [6.07, 6.45) is 3.47. The number of para-hydroxylation sites is 1. The van der Waals surface area contributed by atoms with Crippen LogP contribution in [0.2, 0.25) is 5.02 Å². The van der Waals surface area contributed by atoms with Crippen molar-refractivity contribution in [3.63, 3.8) is 0 Å². The number of aromatic nitrogens is 1. The Morgan fingerprint density at radius 3 is 2.70 bits per heavy atom.